The first-order valence-corrected chi connectivity index (χ1v) is 16.1. The minimum atomic E-state index is -1.06. The number of hydrogen-bond acceptors (Lipinski definition) is 8. The Balaban J connectivity index is 1.20. The van der Waals surface area contributed by atoms with Gasteiger partial charge in [-0.3, -0.25) is 24.3 Å². The van der Waals surface area contributed by atoms with Gasteiger partial charge in [-0.2, -0.15) is 0 Å². The molecule has 2 heterocycles. The van der Waals surface area contributed by atoms with Crippen molar-refractivity contribution in [3.63, 3.8) is 0 Å². The lowest BCUT2D eigenvalue weighted by molar-refractivity contribution is -0.131. The SMILES string of the molecule is CCC(C(=O)Nc1ccc(F)cc1)C(=O)Nc1ccc(Oc2ccnc3cc(OCCCN4CCN(C(C)=O)CC4)c(OC)cc23)c(F)c1. The van der Waals surface area contributed by atoms with E-state index in [9.17, 15) is 18.8 Å². The number of hydrogen-bond donors (Lipinski definition) is 2. The largest absolute Gasteiger partial charge is 0.493 e. The summed E-state index contributed by atoms with van der Waals surface area (Å²) in [6.07, 6.45) is 2.52. The van der Waals surface area contributed by atoms with Crippen molar-refractivity contribution in [3.8, 4) is 23.0 Å². The monoisotopic (exact) mass is 675 g/mol. The van der Waals surface area contributed by atoms with Crippen LogP contribution < -0.4 is 24.8 Å². The minimum absolute atomic E-state index is 0.0879. The van der Waals surface area contributed by atoms with Gasteiger partial charge in [-0.15, -0.1) is 0 Å². The summed E-state index contributed by atoms with van der Waals surface area (Å²) in [4.78, 5) is 45.8. The highest BCUT2D eigenvalue weighted by atomic mass is 19.1. The molecule has 2 N–H and O–H groups in total. The molecule has 0 bridgehead atoms. The maximum Gasteiger partial charge on any atom is 0.236 e. The zero-order chi connectivity index (χ0) is 34.9. The predicted octanol–water partition coefficient (Wildman–Crippen LogP) is 5.85. The number of halogens is 2. The summed E-state index contributed by atoms with van der Waals surface area (Å²) in [7, 11) is 1.53. The second kappa shape index (κ2) is 16.2. The Labute approximate surface area is 283 Å². The predicted molar refractivity (Wildman–Crippen MR) is 181 cm³/mol. The number of methoxy groups -OCH3 is 1. The molecule has 11 nitrogen and oxygen atoms in total. The Kier molecular flexibility index (Phi) is 11.6. The molecule has 3 amide bonds. The van der Waals surface area contributed by atoms with E-state index in [1.54, 1.807) is 38.2 Å². The van der Waals surface area contributed by atoms with E-state index in [-0.39, 0.29) is 23.8 Å². The van der Waals surface area contributed by atoms with E-state index in [1.807, 2.05) is 4.90 Å². The van der Waals surface area contributed by atoms with Crippen molar-refractivity contribution >= 4 is 40.0 Å². The number of amides is 3. The Bertz CT molecular complexity index is 1800. The van der Waals surface area contributed by atoms with Crippen LogP contribution in [0.3, 0.4) is 0 Å². The van der Waals surface area contributed by atoms with Crippen molar-refractivity contribution in [1.29, 1.82) is 0 Å². The summed E-state index contributed by atoms with van der Waals surface area (Å²) >= 11 is 0. The first-order chi connectivity index (χ1) is 23.6. The maximum absolute atomic E-state index is 15.3. The van der Waals surface area contributed by atoms with Gasteiger partial charge in [0.05, 0.1) is 19.2 Å². The van der Waals surface area contributed by atoms with Gasteiger partial charge in [0.2, 0.25) is 17.7 Å². The molecule has 1 unspecified atom stereocenters. The molecule has 1 saturated heterocycles. The minimum Gasteiger partial charge on any atom is -0.493 e. The number of aromatic nitrogens is 1. The summed E-state index contributed by atoms with van der Waals surface area (Å²) in [6.45, 7) is 7.71. The molecule has 0 aliphatic carbocycles. The third kappa shape index (κ3) is 8.99. The van der Waals surface area contributed by atoms with Crippen LogP contribution in [0.1, 0.15) is 26.7 Å². The summed E-state index contributed by atoms with van der Waals surface area (Å²) < 4.78 is 46.0. The third-order valence-corrected chi connectivity index (χ3v) is 8.25. The standard InChI is InChI=1S/C36H39F2N5O6/c1-4-27(35(45)40-25-8-6-24(37)7-9-25)36(46)41-26-10-11-32(29(38)20-26)49-31-12-13-39-30-22-34(33(47-3)21-28(30)31)48-19-5-14-42-15-17-43(18-16-42)23(2)44/h6-13,20-22,27H,4-5,14-19H2,1-3H3,(H,40,45)(H,41,46). The number of carbonyl (C=O) groups excluding carboxylic acids is 3. The Morgan fingerprint density at radius 3 is 2.20 bits per heavy atom. The smallest absolute Gasteiger partial charge is 0.236 e. The van der Waals surface area contributed by atoms with E-state index < -0.39 is 29.4 Å². The van der Waals surface area contributed by atoms with E-state index in [1.165, 1.54) is 43.5 Å². The first kappa shape index (κ1) is 35.0. The van der Waals surface area contributed by atoms with Crippen LogP contribution >= 0.6 is 0 Å². The lowest BCUT2D eigenvalue weighted by Crippen LogP contribution is -2.48. The molecule has 1 aliphatic heterocycles. The van der Waals surface area contributed by atoms with Crippen molar-refractivity contribution in [2.75, 3.05) is 57.1 Å². The fraction of sp³-hybridized carbons (Fsp3) is 0.333. The van der Waals surface area contributed by atoms with Crippen molar-refractivity contribution in [2.45, 2.75) is 26.7 Å². The molecule has 3 aromatic carbocycles. The summed E-state index contributed by atoms with van der Waals surface area (Å²) in [5, 5.41) is 5.75. The molecule has 0 radical (unpaired) electrons. The van der Waals surface area contributed by atoms with Crippen LogP contribution in [0.5, 0.6) is 23.0 Å². The van der Waals surface area contributed by atoms with Crippen LogP contribution in [-0.2, 0) is 14.4 Å². The van der Waals surface area contributed by atoms with Gasteiger partial charge in [0.25, 0.3) is 0 Å². The first-order valence-electron chi connectivity index (χ1n) is 16.1. The van der Waals surface area contributed by atoms with Gasteiger partial charge in [-0.25, -0.2) is 8.78 Å². The number of benzene rings is 3. The number of nitrogens with one attached hydrogen (secondary N) is 2. The number of anilines is 2. The molecule has 1 aromatic heterocycles. The molecule has 49 heavy (non-hydrogen) atoms. The average Bonchev–Trinajstić information content (AvgIpc) is 3.09. The van der Waals surface area contributed by atoms with Crippen LogP contribution in [-0.4, -0.2) is 78.9 Å². The molecule has 1 atom stereocenters. The van der Waals surface area contributed by atoms with Crippen LogP contribution in [0.15, 0.2) is 66.9 Å². The van der Waals surface area contributed by atoms with Gasteiger partial charge in [-0.05, 0) is 61.4 Å². The number of carbonyl (C=O) groups is 3. The summed E-state index contributed by atoms with van der Waals surface area (Å²) in [5.41, 5.74) is 1.05. The molecule has 0 saturated carbocycles. The molecule has 1 aliphatic rings. The Morgan fingerprint density at radius 1 is 0.857 bits per heavy atom. The molecular formula is C36H39F2N5O6. The zero-order valence-electron chi connectivity index (χ0n) is 27.6. The Hall–Kier alpha value is -5.30. The molecule has 1 fully saturated rings. The summed E-state index contributed by atoms with van der Waals surface area (Å²) in [6, 6.07) is 14.2. The number of piperazine rings is 1. The number of nitrogens with zero attached hydrogens (tertiary/aromatic N) is 3. The van der Waals surface area contributed by atoms with Gasteiger partial charge in [-0.1, -0.05) is 6.92 Å². The fourth-order valence-electron chi connectivity index (χ4n) is 5.51. The second-order valence-corrected chi connectivity index (χ2v) is 11.6. The lowest BCUT2D eigenvalue weighted by atomic mass is 10.0. The van der Waals surface area contributed by atoms with E-state index in [4.69, 9.17) is 14.2 Å². The fourth-order valence-corrected chi connectivity index (χ4v) is 5.51. The van der Waals surface area contributed by atoms with Crippen molar-refractivity contribution in [2.24, 2.45) is 5.92 Å². The number of rotatable bonds is 13. The molecule has 13 heteroatoms. The Morgan fingerprint density at radius 2 is 1.55 bits per heavy atom. The van der Waals surface area contributed by atoms with Gasteiger partial charge >= 0.3 is 0 Å². The third-order valence-electron chi connectivity index (χ3n) is 8.25. The molecule has 258 valence electrons. The number of pyridine rings is 1. The maximum atomic E-state index is 15.3. The van der Waals surface area contributed by atoms with E-state index in [0.29, 0.717) is 40.4 Å². The number of ether oxygens (including phenoxy) is 3. The van der Waals surface area contributed by atoms with Crippen molar-refractivity contribution < 1.29 is 37.4 Å². The normalized spacial score (nSPS) is 13.9. The van der Waals surface area contributed by atoms with Crippen molar-refractivity contribution in [1.82, 2.24) is 14.8 Å². The highest BCUT2D eigenvalue weighted by Crippen LogP contribution is 2.38. The van der Waals surface area contributed by atoms with Gasteiger partial charge in [0, 0.05) is 74.7 Å². The van der Waals surface area contributed by atoms with Gasteiger partial charge < -0.3 is 29.7 Å². The lowest BCUT2D eigenvalue weighted by Gasteiger charge is -2.34. The van der Waals surface area contributed by atoms with Crippen molar-refractivity contribution in [3.05, 3.63) is 78.5 Å². The molecule has 4 aromatic rings. The zero-order valence-corrected chi connectivity index (χ0v) is 27.6. The summed E-state index contributed by atoms with van der Waals surface area (Å²) in [5.74, 6) is -2.10. The quantitative estimate of drug-likeness (QED) is 0.134. The van der Waals surface area contributed by atoms with Crippen LogP contribution in [0.4, 0.5) is 20.2 Å². The topological polar surface area (TPSA) is 122 Å². The van der Waals surface area contributed by atoms with E-state index >= 15 is 4.39 Å². The highest BCUT2D eigenvalue weighted by molar-refractivity contribution is 6.10. The van der Waals surface area contributed by atoms with Crippen LogP contribution in [0.25, 0.3) is 10.9 Å². The number of fused-ring (bicyclic) bond motifs is 1. The van der Waals surface area contributed by atoms with Crippen LogP contribution in [0, 0.1) is 17.6 Å². The van der Waals surface area contributed by atoms with Gasteiger partial charge in [0.1, 0.15) is 17.5 Å². The van der Waals surface area contributed by atoms with E-state index in [0.717, 1.165) is 45.2 Å². The van der Waals surface area contributed by atoms with Gasteiger partial charge in [0.15, 0.2) is 23.1 Å². The second-order valence-electron chi connectivity index (χ2n) is 11.6. The molecule has 5 rings (SSSR count). The van der Waals surface area contributed by atoms with Crippen LogP contribution in [0.2, 0.25) is 0 Å². The highest BCUT2D eigenvalue weighted by Gasteiger charge is 2.25. The molecular weight excluding hydrogens is 636 g/mol. The molecule has 0 spiro atoms. The van der Waals surface area contributed by atoms with E-state index in [2.05, 4.69) is 20.5 Å². The average molecular weight is 676 g/mol.